The van der Waals surface area contributed by atoms with Crippen LogP contribution in [-0.2, 0) is 23.7 Å². The second kappa shape index (κ2) is 30.7. The molecule has 0 radical (unpaired) electrons. The Morgan fingerprint density at radius 3 is 1.91 bits per heavy atom. The lowest BCUT2D eigenvalue weighted by molar-refractivity contribution is -0.305. The summed E-state index contributed by atoms with van der Waals surface area (Å²) in [7, 11) is 0. The number of hydrogen-bond acceptors (Lipinski definition) is 9. The Balaban J connectivity index is 2.35. The van der Waals surface area contributed by atoms with Crippen molar-refractivity contribution in [3.8, 4) is 0 Å². The smallest absolute Gasteiger partial charge is 0.306 e. The van der Waals surface area contributed by atoms with Crippen LogP contribution >= 0.6 is 0 Å². The van der Waals surface area contributed by atoms with E-state index in [4.69, 9.17) is 18.9 Å². The van der Waals surface area contributed by atoms with E-state index in [1.165, 1.54) is 64.2 Å². The van der Waals surface area contributed by atoms with Gasteiger partial charge in [0.1, 0.15) is 30.5 Å². The van der Waals surface area contributed by atoms with Gasteiger partial charge in [-0.15, -0.1) is 0 Å². The van der Waals surface area contributed by atoms with Crippen molar-refractivity contribution in [3.05, 3.63) is 24.3 Å². The first-order valence-electron chi connectivity index (χ1n) is 18.9. The summed E-state index contributed by atoms with van der Waals surface area (Å²) in [4.78, 5) is 12.7. The number of hydrogen-bond donors (Lipinski definition) is 4. The average Bonchev–Trinajstić information content (AvgIpc) is 3.07. The first kappa shape index (κ1) is 43.7. The van der Waals surface area contributed by atoms with Crippen LogP contribution < -0.4 is 0 Å². The fourth-order valence-corrected chi connectivity index (χ4v) is 5.59. The third-order valence-corrected chi connectivity index (χ3v) is 8.60. The second-order valence-electron chi connectivity index (χ2n) is 13.0. The highest BCUT2D eigenvalue weighted by atomic mass is 16.7. The minimum atomic E-state index is -1.53. The van der Waals surface area contributed by atoms with Gasteiger partial charge in [0.25, 0.3) is 0 Å². The maximum atomic E-state index is 12.7. The van der Waals surface area contributed by atoms with Gasteiger partial charge in [0, 0.05) is 13.0 Å². The Morgan fingerprint density at radius 1 is 0.681 bits per heavy atom. The van der Waals surface area contributed by atoms with Gasteiger partial charge in [-0.1, -0.05) is 128 Å². The molecule has 1 aliphatic rings. The molecule has 0 aromatic heterocycles. The van der Waals surface area contributed by atoms with E-state index < -0.39 is 43.4 Å². The molecule has 0 bridgehead atoms. The van der Waals surface area contributed by atoms with Gasteiger partial charge in [-0.3, -0.25) is 4.79 Å². The third-order valence-electron chi connectivity index (χ3n) is 8.60. The number of allylic oxidation sites excluding steroid dienone is 4. The molecule has 0 saturated carbocycles. The number of rotatable bonds is 31. The number of aliphatic hydroxyl groups is 4. The molecule has 0 aromatic rings. The molecule has 1 aliphatic heterocycles. The fourth-order valence-electron chi connectivity index (χ4n) is 5.59. The Bertz CT molecular complexity index is 772. The first-order chi connectivity index (χ1) is 22.9. The van der Waals surface area contributed by atoms with Crippen LogP contribution in [0.1, 0.15) is 149 Å². The number of esters is 1. The molecule has 9 heteroatoms. The van der Waals surface area contributed by atoms with E-state index in [0.29, 0.717) is 13.0 Å². The van der Waals surface area contributed by atoms with Crippen LogP contribution in [0.3, 0.4) is 0 Å². The molecule has 0 aliphatic carbocycles. The molecule has 0 spiro atoms. The van der Waals surface area contributed by atoms with Crippen LogP contribution in [0, 0.1) is 0 Å². The number of carbonyl (C=O) groups is 1. The predicted octanol–water partition coefficient (Wildman–Crippen LogP) is 7.08. The van der Waals surface area contributed by atoms with Crippen LogP contribution in [-0.4, -0.2) is 89.6 Å². The van der Waals surface area contributed by atoms with E-state index >= 15 is 0 Å². The second-order valence-corrected chi connectivity index (χ2v) is 13.0. The minimum Gasteiger partial charge on any atom is -0.457 e. The topological polar surface area (TPSA) is 135 Å². The number of ether oxygens (including phenoxy) is 4. The van der Waals surface area contributed by atoms with Crippen LogP contribution in [0.4, 0.5) is 0 Å². The quantitative estimate of drug-likeness (QED) is 0.0347. The van der Waals surface area contributed by atoms with Gasteiger partial charge in [0.05, 0.1) is 19.8 Å². The molecule has 0 amide bonds. The van der Waals surface area contributed by atoms with E-state index in [0.717, 1.165) is 64.2 Å². The normalized spacial score (nSPS) is 22.4. The van der Waals surface area contributed by atoms with E-state index in [1.54, 1.807) is 0 Å². The summed E-state index contributed by atoms with van der Waals surface area (Å²) in [6.45, 7) is 4.46. The van der Waals surface area contributed by atoms with Crippen LogP contribution in [0.5, 0.6) is 0 Å². The standard InChI is InChI=1S/C38H70O9/c1-3-5-7-9-11-13-15-16-17-19-21-23-25-27-34(40)46-32(31-45-38-37(43)36(42)35(41)33(29-39)47-38)30-44-28-26-24-22-20-18-14-12-10-8-6-4-2/h7,9,13,15,32-33,35-39,41-43H,3-6,8,10-12,14,16-31H2,1-2H3/b9-7-,15-13-. The molecule has 0 aromatic carbocycles. The first-order valence-corrected chi connectivity index (χ1v) is 18.9. The van der Waals surface area contributed by atoms with Gasteiger partial charge >= 0.3 is 5.97 Å². The zero-order valence-corrected chi connectivity index (χ0v) is 29.8. The summed E-state index contributed by atoms with van der Waals surface area (Å²) in [5, 5.41) is 39.9. The van der Waals surface area contributed by atoms with E-state index in [-0.39, 0.29) is 19.2 Å². The average molecular weight is 671 g/mol. The zero-order chi connectivity index (χ0) is 34.4. The molecule has 4 N–H and O–H groups in total. The Hall–Kier alpha value is -1.33. The highest BCUT2D eigenvalue weighted by molar-refractivity contribution is 5.69. The lowest BCUT2D eigenvalue weighted by Crippen LogP contribution is -2.59. The molecule has 6 atom stereocenters. The molecule has 47 heavy (non-hydrogen) atoms. The van der Waals surface area contributed by atoms with Crippen molar-refractivity contribution < 1.29 is 44.2 Å². The van der Waals surface area contributed by atoms with Crippen molar-refractivity contribution in [3.63, 3.8) is 0 Å². The molecule has 276 valence electrons. The number of unbranched alkanes of at least 4 members (excludes halogenated alkanes) is 16. The third kappa shape index (κ3) is 22.8. The van der Waals surface area contributed by atoms with Crippen LogP contribution in [0.2, 0.25) is 0 Å². The molecular weight excluding hydrogens is 600 g/mol. The lowest BCUT2D eigenvalue weighted by atomic mass is 9.99. The number of carbonyl (C=O) groups excluding carboxylic acids is 1. The highest BCUT2D eigenvalue weighted by Crippen LogP contribution is 2.22. The lowest BCUT2D eigenvalue weighted by Gasteiger charge is -2.39. The summed E-state index contributed by atoms with van der Waals surface area (Å²) in [6.07, 6.45) is 24.8. The molecule has 6 unspecified atom stereocenters. The van der Waals surface area contributed by atoms with E-state index in [2.05, 4.69) is 38.2 Å². The van der Waals surface area contributed by atoms with Crippen molar-refractivity contribution in [2.24, 2.45) is 0 Å². The SMILES string of the molecule is CCC/C=C\C/C=C\CCCCCCCC(=O)OC(COCCCCCCCCCCCCC)COC1OC(CO)C(O)C(O)C1O. The maximum Gasteiger partial charge on any atom is 0.306 e. The van der Waals surface area contributed by atoms with Gasteiger partial charge in [-0.05, 0) is 38.5 Å². The van der Waals surface area contributed by atoms with Crippen molar-refractivity contribution in [1.29, 1.82) is 0 Å². The summed E-state index contributed by atoms with van der Waals surface area (Å²) in [5.74, 6) is -0.329. The fraction of sp³-hybridized carbons (Fsp3) is 0.868. The predicted molar refractivity (Wildman–Crippen MR) is 187 cm³/mol. The molecular formula is C38H70O9. The van der Waals surface area contributed by atoms with Gasteiger partial charge < -0.3 is 39.4 Å². The zero-order valence-electron chi connectivity index (χ0n) is 29.8. The molecule has 1 heterocycles. The maximum absolute atomic E-state index is 12.7. The Kier molecular flexibility index (Phi) is 28.5. The molecule has 1 saturated heterocycles. The van der Waals surface area contributed by atoms with Gasteiger partial charge in [0.15, 0.2) is 6.29 Å². The highest BCUT2D eigenvalue weighted by Gasteiger charge is 2.44. The summed E-state index contributed by atoms with van der Waals surface area (Å²) < 4.78 is 22.7. The molecule has 1 fully saturated rings. The van der Waals surface area contributed by atoms with Crippen LogP contribution in [0.15, 0.2) is 24.3 Å². The van der Waals surface area contributed by atoms with Gasteiger partial charge in [0.2, 0.25) is 0 Å². The summed E-state index contributed by atoms with van der Waals surface area (Å²) >= 11 is 0. The summed E-state index contributed by atoms with van der Waals surface area (Å²) in [5.41, 5.74) is 0. The summed E-state index contributed by atoms with van der Waals surface area (Å²) in [6, 6.07) is 0. The molecule has 9 nitrogen and oxygen atoms in total. The minimum absolute atomic E-state index is 0.116. The molecule has 1 rings (SSSR count). The van der Waals surface area contributed by atoms with Crippen molar-refractivity contribution in [1.82, 2.24) is 0 Å². The van der Waals surface area contributed by atoms with Crippen LogP contribution in [0.25, 0.3) is 0 Å². The Labute approximate surface area is 286 Å². The van der Waals surface area contributed by atoms with E-state index in [9.17, 15) is 25.2 Å². The van der Waals surface area contributed by atoms with Gasteiger partial charge in [-0.25, -0.2) is 0 Å². The largest absolute Gasteiger partial charge is 0.457 e. The Morgan fingerprint density at radius 2 is 1.28 bits per heavy atom. The van der Waals surface area contributed by atoms with E-state index in [1.807, 2.05) is 0 Å². The van der Waals surface area contributed by atoms with Crippen molar-refractivity contribution in [2.45, 2.75) is 185 Å². The monoisotopic (exact) mass is 671 g/mol. The van der Waals surface area contributed by atoms with Gasteiger partial charge in [-0.2, -0.15) is 0 Å². The van der Waals surface area contributed by atoms with Crippen molar-refractivity contribution in [2.75, 3.05) is 26.4 Å². The van der Waals surface area contributed by atoms with Crippen molar-refractivity contribution >= 4 is 5.97 Å². The number of aliphatic hydroxyl groups excluding tert-OH is 4.